The Balaban J connectivity index is 1.97. The lowest BCUT2D eigenvalue weighted by molar-refractivity contribution is 0.101. The van der Waals surface area contributed by atoms with E-state index in [1.807, 2.05) is 0 Å². The van der Waals surface area contributed by atoms with Gasteiger partial charge in [0.25, 0.3) is 0 Å². The van der Waals surface area contributed by atoms with Crippen LogP contribution in [0.25, 0.3) is 0 Å². The van der Waals surface area contributed by atoms with Crippen LogP contribution in [-0.2, 0) is 6.54 Å². The Morgan fingerprint density at radius 2 is 1.70 bits per heavy atom. The van der Waals surface area contributed by atoms with Crippen LogP contribution in [0.15, 0.2) is 42.7 Å². The van der Waals surface area contributed by atoms with Gasteiger partial charge in [0.05, 0.1) is 0 Å². The Labute approximate surface area is 124 Å². The second kappa shape index (κ2) is 7.37. The molecule has 1 heterocycles. The summed E-state index contributed by atoms with van der Waals surface area (Å²) >= 11 is 0. The van der Waals surface area contributed by atoms with Gasteiger partial charge in [0.15, 0.2) is 0 Å². The summed E-state index contributed by atoms with van der Waals surface area (Å²) in [5.74, 6) is 0.635. The van der Waals surface area contributed by atoms with E-state index >= 15 is 0 Å². The number of hydrogen-bond acceptors (Lipinski definition) is 2. The second-order valence-corrected chi connectivity index (χ2v) is 6.06. The van der Waals surface area contributed by atoms with E-state index in [0.717, 1.165) is 6.54 Å². The Morgan fingerprint density at radius 3 is 2.35 bits per heavy atom. The van der Waals surface area contributed by atoms with Crippen LogP contribution < -0.4 is 0 Å². The van der Waals surface area contributed by atoms with Gasteiger partial charge >= 0.3 is 0 Å². The molecule has 0 fully saturated rings. The third-order valence-electron chi connectivity index (χ3n) is 3.95. The molecule has 0 spiro atoms. The summed E-state index contributed by atoms with van der Waals surface area (Å²) in [5.41, 5.74) is 1.39. The Kier molecular flexibility index (Phi) is 5.51. The summed E-state index contributed by atoms with van der Waals surface area (Å²) in [7, 11) is 0. The summed E-state index contributed by atoms with van der Waals surface area (Å²) in [4.78, 5) is 5.00. The Morgan fingerprint density at radius 1 is 1.00 bits per heavy atom. The fraction of sp³-hybridized carbons (Fsp3) is 0.556. The average molecular weight is 272 g/mol. The molecule has 2 heteroatoms. The molecule has 1 unspecified atom stereocenters. The molecule has 1 aromatic carbocycles. The van der Waals surface area contributed by atoms with Crippen molar-refractivity contribution in [3.63, 3.8) is 0 Å². The first-order valence-corrected chi connectivity index (χ1v) is 7.96. The van der Waals surface area contributed by atoms with Crippen molar-refractivity contribution in [2.45, 2.75) is 52.7 Å². The van der Waals surface area contributed by atoms with Crippen molar-refractivity contribution >= 4 is 0 Å². The molecule has 1 aliphatic rings. The molecule has 0 N–H and O–H groups in total. The zero-order chi connectivity index (χ0) is 14.4. The summed E-state index contributed by atoms with van der Waals surface area (Å²) < 4.78 is 0. The third kappa shape index (κ3) is 3.78. The predicted octanol–water partition coefficient (Wildman–Crippen LogP) is 4.45. The molecule has 0 saturated carbocycles. The molecule has 0 amide bonds. The molecule has 0 bridgehead atoms. The van der Waals surface area contributed by atoms with Crippen molar-refractivity contribution in [1.82, 2.24) is 9.80 Å². The van der Waals surface area contributed by atoms with Crippen LogP contribution in [0.3, 0.4) is 0 Å². The summed E-state index contributed by atoms with van der Waals surface area (Å²) in [6, 6.07) is 10.8. The number of nitrogens with zero attached hydrogens (tertiary/aromatic N) is 2. The highest BCUT2D eigenvalue weighted by molar-refractivity contribution is 5.16. The van der Waals surface area contributed by atoms with Crippen molar-refractivity contribution in [2.24, 2.45) is 5.92 Å². The highest BCUT2D eigenvalue weighted by Crippen LogP contribution is 2.25. The minimum Gasteiger partial charge on any atom is -0.356 e. The smallest absolute Gasteiger partial charge is 0.103 e. The fourth-order valence-corrected chi connectivity index (χ4v) is 3.00. The van der Waals surface area contributed by atoms with Gasteiger partial charge in [-0.2, -0.15) is 0 Å². The topological polar surface area (TPSA) is 6.48 Å². The first-order valence-electron chi connectivity index (χ1n) is 7.96. The van der Waals surface area contributed by atoms with E-state index in [2.05, 4.69) is 73.3 Å². The Bertz CT molecular complexity index is 411. The van der Waals surface area contributed by atoms with Crippen LogP contribution >= 0.6 is 0 Å². The normalized spacial score (nSPS) is 18.3. The van der Waals surface area contributed by atoms with Crippen LogP contribution in [0.2, 0.25) is 0 Å². The van der Waals surface area contributed by atoms with E-state index in [1.54, 1.807) is 0 Å². The van der Waals surface area contributed by atoms with Crippen molar-refractivity contribution < 1.29 is 0 Å². The highest BCUT2D eigenvalue weighted by atomic mass is 15.4. The van der Waals surface area contributed by atoms with Gasteiger partial charge in [-0.3, -0.25) is 0 Å². The quantitative estimate of drug-likeness (QED) is 0.677. The number of benzene rings is 1. The van der Waals surface area contributed by atoms with Crippen LogP contribution in [-0.4, -0.2) is 22.5 Å². The van der Waals surface area contributed by atoms with Crippen molar-refractivity contribution in [3.8, 4) is 0 Å². The molecule has 1 aromatic rings. The maximum absolute atomic E-state index is 2.52. The summed E-state index contributed by atoms with van der Waals surface area (Å²) in [6.45, 7) is 9.09. The first kappa shape index (κ1) is 15.0. The van der Waals surface area contributed by atoms with Crippen molar-refractivity contribution in [1.29, 1.82) is 0 Å². The van der Waals surface area contributed by atoms with E-state index < -0.39 is 0 Å². The zero-order valence-electron chi connectivity index (χ0n) is 13.1. The lowest BCUT2D eigenvalue weighted by Crippen LogP contribution is -2.42. The molecular weight excluding hydrogens is 244 g/mol. The Hall–Kier alpha value is -1.44. The molecule has 0 saturated heterocycles. The van der Waals surface area contributed by atoms with E-state index in [4.69, 9.17) is 0 Å². The largest absolute Gasteiger partial charge is 0.356 e. The first-order chi connectivity index (χ1) is 9.72. The van der Waals surface area contributed by atoms with Crippen LogP contribution in [0.4, 0.5) is 0 Å². The minimum absolute atomic E-state index is 0.507. The van der Waals surface area contributed by atoms with E-state index in [-0.39, 0.29) is 0 Å². The molecule has 0 aromatic heterocycles. The lowest BCUT2D eigenvalue weighted by Gasteiger charge is -2.36. The number of hydrogen-bond donors (Lipinski definition) is 0. The van der Waals surface area contributed by atoms with Gasteiger partial charge < -0.3 is 9.80 Å². The zero-order valence-corrected chi connectivity index (χ0v) is 13.1. The van der Waals surface area contributed by atoms with Gasteiger partial charge in [0, 0.05) is 25.5 Å². The highest BCUT2D eigenvalue weighted by Gasteiger charge is 2.28. The SMILES string of the molecule is CCCCCN1C=CN(Cc2ccccc2)C1C(C)C. The van der Waals surface area contributed by atoms with E-state index in [9.17, 15) is 0 Å². The summed E-state index contributed by atoms with van der Waals surface area (Å²) in [5, 5.41) is 0. The molecule has 0 radical (unpaired) electrons. The molecule has 110 valence electrons. The van der Waals surface area contributed by atoms with Crippen LogP contribution in [0, 0.1) is 5.92 Å². The van der Waals surface area contributed by atoms with Crippen LogP contribution in [0.5, 0.6) is 0 Å². The monoisotopic (exact) mass is 272 g/mol. The molecule has 2 nitrogen and oxygen atoms in total. The maximum atomic E-state index is 2.52. The molecule has 1 atom stereocenters. The van der Waals surface area contributed by atoms with Crippen molar-refractivity contribution in [3.05, 3.63) is 48.3 Å². The predicted molar refractivity (Wildman–Crippen MR) is 86.0 cm³/mol. The van der Waals surface area contributed by atoms with Crippen LogP contribution in [0.1, 0.15) is 45.6 Å². The fourth-order valence-electron chi connectivity index (χ4n) is 3.00. The number of unbranched alkanes of at least 4 members (excludes halogenated alkanes) is 2. The van der Waals surface area contributed by atoms with Gasteiger partial charge in [0.1, 0.15) is 6.17 Å². The van der Waals surface area contributed by atoms with E-state index in [1.165, 1.54) is 31.4 Å². The van der Waals surface area contributed by atoms with Gasteiger partial charge in [-0.05, 0) is 17.9 Å². The van der Waals surface area contributed by atoms with E-state index in [0.29, 0.717) is 12.1 Å². The number of rotatable bonds is 7. The average Bonchev–Trinajstić information content (AvgIpc) is 2.83. The van der Waals surface area contributed by atoms with Gasteiger partial charge in [-0.15, -0.1) is 0 Å². The standard InChI is InChI=1S/C18H28N2/c1-4-5-9-12-19-13-14-20(18(19)16(2)3)15-17-10-7-6-8-11-17/h6-8,10-11,13-14,16,18H,4-5,9,12,15H2,1-3H3. The van der Waals surface area contributed by atoms with Gasteiger partial charge in [0.2, 0.25) is 0 Å². The second-order valence-electron chi connectivity index (χ2n) is 6.06. The van der Waals surface area contributed by atoms with Gasteiger partial charge in [-0.1, -0.05) is 63.9 Å². The molecular formula is C18H28N2. The lowest BCUT2D eigenvalue weighted by atomic mass is 10.1. The van der Waals surface area contributed by atoms with Gasteiger partial charge in [-0.25, -0.2) is 0 Å². The van der Waals surface area contributed by atoms with Crippen molar-refractivity contribution in [2.75, 3.05) is 6.54 Å². The third-order valence-corrected chi connectivity index (χ3v) is 3.95. The molecule has 1 aliphatic heterocycles. The maximum Gasteiger partial charge on any atom is 0.103 e. The molecule has 20 heavy (non-hydrogen) atoms. The molecule has 0 aliphatic carbocycles. The minimum atomic E-state index is 0.507. The molecule has 2 rings (SSSR count). The summed E-state index contributed by atoms with van der Waals surface area (Å²) in [6.07, 6.45) is 8.97.